The molecule has 0 aromatic rings. The molecule has 2 aliphatic rings. The molecule has 1 aliphatic heterocycles. The van der Waals surface area contributed by atoms with Crippen molar-refractivity contribution in [3.63, 3.8) is 0 Å². The van der Waals surface area contributed by atoms with E-state index < -0.39 is 5.97 Å². The molecule has 2 rings (SSSR count). The number of hydrogen-bond donors (Lipinski definition) is 1. The molecule has 2 atom stereocenters. The zero-order valence-electron chi connectivity index (χ0n) is 11.6. The van der Waals surface area contributed by atoms with Gasteiger partial charge in [-0.05, 0) is 44.6 Å². The third-order valence-corrected chi connectivity index (χ3v) is 4.80. The summed E-state index contributed by atoms with van der Waals surface area (Å²) in [6.45, 7) is 3.14. The maximum atomic E-state index is 11.5. The second-order valence-electron chi connectivity index (χ2n) is 5.99. The highest BCUT2D eigenvalue weighted by molar-refractivity contribution is 5.73. The third kappa shape index (κ3) is 3.05. The monoisotopic (exact) mass is 253 g/mol. The van der Waals surface area contributed by atoms with E-state index in [1.807, 2.05) is 0 Å². The predicted octanol–water partition coefficient (Wildman–Crippen LogP) is 3.28. The van der Waals surface area contributed by atoms with Crippen molar-refractivity contribution in [2.45, 2.75) is 76.8 Å². The van der Waals surface area contributed by atoms with Gasteiger partial charge in [-0.25, -0.2) is 0 Å². The van der Waals surface area contributed by atoms with Gasteiger partial charge in [-0.2, -0.15) is 0 Å². The molecule has 0 aromatic carbocycles. The van der Waals surface area contributed by atoms with Crippen molar-refractivity contribution in [3.8, 4) is 0 Å². The Morgan fingerprint density at radius 3 is 2.61 bits per heavy atom. The van der Waals surface area contributed by atoms with Crippen molar-refractivity contribution in [3.05, 3.63) is 0 Å². The predicted molar refractivity (Wildman–Crippen MR) is 72.6 cm³/mol. The second-order valence-corrected chi connectivity index (χ2v) is 5.99. The first kappa shape index (κ1) is 13.9. The first-order valence-corrected chi connectivity index (χ1v) is 7.72. The van der Waals surface area contributed by atoms with E-state index in [1.54, 1.807) is 0 Å². The Labute approximate surface area is 111 Å². The number of nitrogens with zero attached hydrogens (tertiary/aromatic N) is 1. The molecule has 2 fully saturated rings. The molecular weight excluding hydrogens is 226 g/mol. The lowest BCUT2D eigenvalue weighted by molar-refractivity contribution is -0.144. The van der Waals surface area contributed by atoms with E-state index >= 15 is 0 Å². The minimum absolute atomic E-state index is 0.224. The van der Waals surface area contributed by atoms with E-state index in [0.29, 0.717) is 6.04 Å². The molecule has 3 heteroatoms. The second kappa shape index (κ2) is 6.55. The smallest absolute Gasteiger partial charge is 0.320 e. The highest BCUT2D eigenvalue weighted by atomic mass is 16.4. The van der Waals surface area contributed by atoms with Gasteiger partial charge in [0.15, 0.2) is 0 Å². The van der Waals surface area contributed by atoms with Crippen LogP contribution in [0.4, 0.5) is 0 Å². The summed E-state index contributed by atoms with van der Waals surface area (Å²) in [5, 5.41) is 9.48. The molecule has 0 radical (unpaired) electrons. The standard InChI is InChI=1S/C15H27NO2/c1-2-3-9-14(15(17)18)16-11-6-10-13(16)12-7-4-5-8-12/h12-14H,2-11H2,1H3,(H,17,18). The van der Waals surface area contributed by atoms with Gasteiger partial charge in [0.25, 0.3) is 0 Å². The highest BCUT2D eigenvalue weighted by Crippen LogP contribution is 2.36. The number of carboxylic acid groups (broad SMARTS) is 1. The normalized spacial score (nSPS) is 27.7. The van der Waals surface area contributed by atoms with Gasteiger partial charge < -0.3 is 5.11 Å². The summed E-state index contributed by atoms with van der Waals surface area (Å²) < 4.78 is 0. The fraction of sp³-hybridized carbons (Fsp3) is 0.933. The van der Waals surface area contributed by atoms with E-state index in [-0.39, 0.29) is 6.04 Å². The lowest BCUT2D eigenvalue weighted by atomic mass is 9.94. The van der Waals surface area contributed by atoms with E-state index in [0.717, 1.165) is 31.7 Å². The lowest BCUT2D eigenvalue weighted by Crippen LogP contribution is -2.46. The molecule has 18 heavy (non-hydrogen) atoms. The van der Waals surface area contributed by atoms with Crippen LogP contribution in [0.5, 0.6) is 0 Å². The molecule has 0 spiro atoms. The number of aliphatic carboxylic acids is 1. The topological polar surface area (TPSA) is 40.5 Å². The Balaban J connectivity index is 2.00. The summed E-state index contributed by atoms with van der Waals surface area (Å²) >= 11 is 0. The van der Waals surface area contributed by atoms with E-state index in [1.165, 1.54) is 38.5 Å². The van der Waals surface area contributed by atoms with Gasteiger partial charge in [0.1, 0.15) is 6.04 Å². The fourth-order valence-corrected chi connectivity index (χ4v) is 3.88. The van der Waals surface area contributed by atoms with Crippen LogP contribution in [0, 0.1) is 5.92 Å². The van der Waals surface area contributed by atoms with Crippen LogP contribution in [-0.2, 0) is 4.79 Å². The fourth-order valence-electron chi connectivity index (χ4n) is 3.88. The molecule has 3 nitrogen and oxygen atoms in total. The first-order chi connectivity index (χ1) is 8.74. The van der Waals surface area contributed by atoms with Crippen LogP contribution in [-0.4, -0.2) is 34.6 Å². The SMILES string of the molecule is CCCCC(C(=O)O)N1CCCC1C1CCCC1. The summed E-state index contributed by atoms with van der Waals surface area (Å²) in [6, 6.07) is 0.337. The number of likely N-dealkylation sites (tertiary alicyclic amines) is 1. The molecule has 0 amide bonds. The van der Waals surface area contributed by atoms with Crippen LogP contribution < -0.4 is 0 Å². The molecule has 0 aromatic heterocycles. The summed E-state index contributed by atoms with van der Waals surface area (Å²) in [4.78, 5) is 13.8. The van der Waals surface area contributed by atoms with Gasteiger partial charge >= 0.3 is 5.97 Å². The largest absolute Gasteiger partial charge is 0.480 e. The lowest BCUT2D eigenvalue weighted by Gasteiger charge is -2.34. The summed E-state index contributed by atoms with van der Waals surface area (Å²) in [5.41, 5.74) is 0. The van der Waals surface area contributed by atoms with Gasteiger partial charge in [-0.1, -0.05) is 32.6 Å². The summed E-state index contributed by atoms with van der Waals surface area (Å²) in [7, 11) is 0. The summed E-state index contributed by atoms with van der Waals surface area (Å²) in [5.74, 6) is 0.171. The van der Waals surface area contributed by atoms with Crippen molar-refractivity contribution in [1.82, 2.24) is 4.90 Å². The van der Waals surface area contributed by atoms with Crippen LogP contribution >= 0.6 is 0 Å². The van der Waals surface area contributed by atoms with Crippen molar-refractivity contribution in [2.75, 3.05) is 6.54 Å². The average Bonchev–Trinajstić information content (AvgIpc) is 2.99. The average molecular weight is 253 g/mol. The van der Waals surface area contributed by atoms with Crippen molar-refractivity contribution < 1.29 is 9.90 Å². The van der Waals surface area contributed by atoms with Crippen molar-refractivity contribution in [1.29, 1.82) is 0 Å². The Bertz CT molecular complexity index is 274. The number of unbranched alkanes of at least 4 members (excludes halogenated alkanes) is 1. The Morgan fingerprint density at radius 1 is 1.28 bits per heavy atom. The van der Waals surface area contributed by atoms with Gasteiger partial charge in [-0.15, -0.1) is 0 Å². The van der Waals surface area contributed by atoms with Gasteiger partial charge in [-0.3, -0.25) is 9.69 Å². The molecule has 2 unspecified atom stereocenters. The zero-order valence-corrected chi connectivity index (χ0v) is 11.6. The van der Waals surface area contributed by atoms with Crippen LogP contribution in [0.25, 0.3) is 0 Å². The maximum Gasteiger partial charge on any atom is 0.320 e. The molecule has 104 valence electrons. The van der Waals surface area contributed by atoms with Crippen molar-refractivity contribution in [2.24, 2.45) is 5.92 Å². The number of carboxylic acids is 1. The highest BCUT2D eigenvalue weighted by Gasteiger charge is 2.38. The van der Waals surface area contributed by atoms with Crippen LogP contribution in [0.1, 0.15) is 64.7 Å². The first-order valence-electron chi connectivity index (χ1n) is 7.72. The van der Waals surface area contributed by atoms with Gasteiger partial charge in [0.05, 0.1) is 0 Å². The van der Waals surface area contributed by atoms with E-state index in [9.17, 15) is 9.90 Å². The Hall–Kier alpha value is -0.570. The van der Waals surface area contributed by atoms with Gasteiger partial charge in [0.2, 0.25) is 0 Å². The molecule has 1 N–H and O–H groups in total. The minimum Gasteiger partial charge on any atom is -0.480 e. The third-order valence-electron chi connectivity index (χ3n) is 4.80. The van der Waals surface area contributed by atoms with E-state index in [2.05, 4.69) is 11.8 Å². The van der Waals surface area contributed by atoms with Gasteiger partial charge in [0, 0.05) is 6.04 Å². The van der Waals surface area contributed by atoms with Crippen molar-refractivity contribution >= 4 is 5.97 Å². The molecule has 1 saturated heterocycles. The number of hydrogen-bond acceptors (Lipinski definition) is 2. The maximum absolute atomic E-state index is 11.5. The van der Waals surface area contributed by atoms with Crippen LogP contribution in [0.2, 0.25) is 0 Å². The Morgan fingerprint density at radius 2 is 2.00 bits per heavy atom. The zero-order chi connectivity index (χ0) is 13.0. The molecule has 0 bridgehead atoms. The number of carbonyl (C=O) groups is 1. The Kier molecular flexibility index (Phi) is 5.04. The molecule has 1 heterocycles. The molecular formula is C15H27NO2. The van der Waals surface area contributed by atoms with Crippen LogP contribution in [0.15, 0.2) is 0 Å². The molecule has 1 aliphatic carbocycles. The van der Waals surface area contributed by atoms with E-state index in [4.69, 9.17) is 0 Å². The quantitative estimate of drug-likeness (QED) is 0.789. The molecule has 1 saturated carbocycles. The minimum atomic E-state index is -0.603. The summed E-state index contributed by atoms with van der Waals surface area (Å²) in [6.07, 6.45) is 10.7. The van der Waals surface area contributed by atoms with Crippen LogP contribution in [0.3, 0.4) is 0 Å². The number of rotatable bonds is 6.